The van der Waals surface area contributed by atoms with Crippen molar-refractivity contribution in [3.05, 3.63) is 231 Å². The lowest BCUT2D eigenvalue weighted by atomic mass is 9.96. The molecule has 9 aromatic carbocycles. The molecule has 0 saturated heterocycles. The van der Waals surface area contributed by atoms with Gasteiger partial charge in [0.2, 0.25) is 0 Å². The molecule has 0 atom stereocenters. The summed E-state index contributed by atoms with van der Waals surface area (Å²) < 4.78 is 2.41. The normalized spacial score (nSPS) is 11.3. The SMILES string of the molecule is c1ccc(-c2ccc(-c3nc(-c4ccccc4)nc(-c4cccc(-c5cccc(-c6ccc7c(c6)c6cccc(-c8ccccc8)c6n7-c6ccccc6)c5)c4)n3)cc2)cc1. The predicted molar refractivity (Wildman–Crippen MR) is 252 cm³/mol. The molecule has 61 heavy (non-hydrogen) atoms. The molecule has 0 fully saturated rings. The zero-order valence-corrected chi connectivity index (χ0v) is 33.2. The zero-order chi connectivity index (χ0) is 40.5. The summed E-state index contributed by atoms with van der Waals surface area (Å²) in [5, 5.41) is 2.45. The van der Waals surface area contributed by atoms with Gasteiger partial charge in [0.05, 0.1) is 11.0 Å². The smallest absolute Gasteiger partial charge is 0.164 e. The topological polar surface area (TPSA) is 43.6 Å². The van der Waals surface area contributed by atoms with E-state index in [1.165, 1.54) is 38.5 Å². The van der Waals surface area contributed by atoms with E-state index in [1.54, 1.807) is 0 Å². The molecule has 11 rings (SSSR count). The van der Waals surface area contributed by atoms with Crippen LogP contribution in [0.1, 0.15) is 0 Å². The summed E-state index contributed by atoms with van der Waals surface area (Å²) in [5.41, 5.74) is 15.6. The van der Waals surface area contributed by atoms with E-state index in [4.69, 9.17) is 15.0 Å². The minimum Gasteiger partial charge on any atom is -0.309 e. The molecule has 0 spiro atoms. The Balaban J connectivity index is 0.985. The molecule has 0 bridgehead atoms. The fourth-order valence-electron chi connectivity index (χ4n) is 8.45. The molecule has 0 aliphatic rings. The maximum absolute atomic E-state index is 5.08. The van der Waals surface area contributed by atoms with E-state index in [0.29, 0.717) is 17.5 Å². The molecular formula is C57H38N4. The van der Waals surface area contributed by atoms with Crippen LogP contribution in [0.25, 0.3) is 106 Å². The van der Waals surface area contributed by atoms with Crippen LogP contribution in [0.3, 0.4) is 0 Å². The third-order valence-corrected chi connectivity index (χ3v) is 11.5. The predicted octanol–water partition coefficient (Wildman–Crippen LogP) is 14.6. The molecule has 0 aliphatic carbocycles. The van der Waals surface area contributed by atoms with Crippen LogP contribution in [0.2, 0.25) is 0 Å². The highest BCUT2D eigenvalue weighted by atomic mass is 15.0. The van der Waals surface area contributed by atoms with Gasteiger partial charge in [0.25, 0.3) is 0 Å². The molecule has 286 valence electrons. The van der Waals surface area contributed by atoms with Crippen molar-refractivity contribution in [3.63, 3.8) is 0 Å². The van der Waals surface area contributed by atoms with E-state index in [9.17, 15) is 0 Å². The van der Waals surface area contributed by atoms with Gasteiger partial charge in [0.1, 0.15) is 0 Å². The van der Waals surface area contributed by atoms with Crippen LogP contribution in [0.5, 0.6) is 0 Å². The van der Waals surface area contributed by atoms with Crippen molar-refractivity contribution in [2.24, 2.45) is 0 Å². The van der Waals surface area contributed by atoms with Crippen molar-refractivity contribution < 1.29 is 0 Å². The van der Waals surface area contributed by atoms with Crippen LogP contribution in [0.4, 0.5) is 0 Å². The van der Waals surface area contributed by atoms with Gasteiger partial charge in [0.15, 0.2) is 17.5 Å². The Morgan fingerprint density at radius 1 is 0.262 bits per heavy atom. The monoisotopic (exact) mass is 778 g/mol. The lowest BCUT2D eigenvalue weighted by Crippen LogP contribution is -2.00. The van der Waals surface area contributed by atoms with E-state index in [1.807, 2.05) is 36.4 Å². The van der Waals surface area contributed by atoms with Crippen molar-refractivity contribution in [2.45, 2.75) is 0 Å². The molecule has 0 aliphatic heterocycles. The average molecular weight is 779 g/mol. The Kier molecular flexibility index (Phi) is 9.14. The number of aromatic nitrogens is 4. The maximum Gasteiger partial charge on any atom is 0.164 e. The van der Waals surface area contributed by atoms with E-state index in [-0.39, 0.29) is 0 Å². The number of nitrogens with zero attached hydrogens (tertiary/aromatic N) is 4. The Hall–Kier alpha value is -8.21. The van der Waals surface area contributed by atoms with Gasteiger partial charge < -0.3 is 4.57 Å². The van der Waals surface area contributed by atoms with E-state index in [0.717, 1.165) is 50.2 Å². The molecule has 0 N–H and O–H groups in total. The summed E-state index contributed by atoms with van der Waals surface area (Å²) in [6.45, 7) is 0. The van der Waals surface area contributed by atoms with Gasteiger partial charge in [0, 0.05) is 38.7 Å². The quantitative estimate of drug-likeness (QED) is 0.154. The standard InChI is InChI=1S/C57H38N4/c1-5-16-39(17-6-1)40-30-32-43(33-31-40)56-58-55(42-20-9-3-10-21-42)59-57(60-56)48-25-14-24-46(37-48)44-22-13-23-45(36-44)47-34-35-53-52(38-47)51-29-15-28-50(41-18-7-2-8-19-41)54(51)61(53)49-26-11-4-12-27-49/h1-38H. The van der Waals surface area contributed by atoms with E-state index < -0.39 is 0 Å². The van der Waals surface area contributed by atoms with Gasteiger partial charge in [-0.05, 0) is 75.3 Å². The first-order valence-corrected chi connectivity index (χ1v) is 20.6. The van der Waals surface area contributed by atoms with Crippen molar-refractivity contribution in [1.82, 2.24) is 19.5 Å². The Morgan fingerprint density at radius 3 is 1.30 bits per heavy atom. The van der Waals surface area contributed by atoms with Crippen molar-refractivity contribution in [1.29, 1.82) is 0 Å². The first kappa shape index (κ1) is 35.9. The van der Waals surface area contributed by atoms with Crippen LogP contribution < -0.4 is 0 Å². The molecule has 0 unspecified atom stereocenters. The third kappa shape index (κ3) is 6.86. The van der Waals surface area contributed by atoms with Crippen LogP contribution in [0.15, 0.2) is 231 Å². The maximum atomic E-state index is 5.08. The number of rotatable bonds is 8. The number of hydrogen-bond acceptors (Lipinski definition) is 3. The fraction of sp³-hybridized carbons (Fsp3) is 0. The fourth-order valence-corrected chi connectivity index (χ4v) is 8.45. The second kappa shape index (κ2) is 15.5. The molecule has 0 radical (unpaired) electrons. The summed E-state index contributed by atoms with van der Waals surface area (Å²) in [6.07, 6.45) is 0. The highest BCUT2D eigenvalue weighted by Crippen LogP contribution is 2.40. The summed E-state index contributed by atoms with van der Waals surface area (Å²) in [5.74, 6) is 1.90. The van der Waals surface area contributed by atoms with Crippen LogP contribution in [0, 0.1) is 0 Å². The van der Waals surface area contributed by atoms with Crippen LogP contribution >= 0.6 is 0 Å². The first-order valence-electron chi connectivity index (χ1n) is 20.6. The molecular weight excluding hydrogens is 741 g/mol. The zero-order valence-electron chi connectivity index (χ0n) is 33.2. The summed E-state index contributed by atoms with van der Waals surface area (Å²) >= 11 is 0. The number of hydrogen-bond donors (Lipinski definition) is 0. The van der Waals surface area contributed by atoms with Crippen molar-refractivity contribution >= 4 is 21.8 Å². The Labute approximate surface area is 354 Å². The Morgan fingerprint density at radius 2 is 0.672 bits per heavy atom. The largest absolute Gasteiger partial charge is 0.309 e. The van der Waals surface area contributed by atoms with Gasteiger partial charge in [-0.2, -0.15) is 0 Å². The highest BCUT2D eigenvalue weighted by Gasteiger charge is 2.18. The highest BCUT2D eigenvalue weighted by molar-refractivity contribution is 6.14. The van der Waals surface area contributed by atoms with E-state index >= 15 is 0 Å². The van der Waals surface area contributed by atoms with Gasteiger partial charge in [-0.3, -0.25) is 0 Å². The van der Waals surface area contributed by atoms with Gasteiger partial charge in [-0.15, -0.1) is 0 Å². The number of para-hydroxylation sites is 2. The Bertz CT molecular complexity index is 3320. The van der Waals surface area contributed by atoms with Crippen LogP contribution in [-0.4, -0.2) is 19.5 Å². The minimum atomic E-state index is 0.629. The molecule has 11 aromatic rings. The van der Waals surface area contributed by atoms with Crippen LogP contribution in [-0.2, 0) is 0 Å². The number of fused-ring (bicyclic) bond motifs is 3. The first-order chi connectivity index (χ1) is 30.2. The number of benzene rings is 9. The molecule has 4 nitrogen and oxygen atoms in total. The molecule has 0 amide bonds. The van der Waals surface area contributed by atoms with Gasteiger partial charge in [-0.25, -0.2) is 15.0 Å². The summed E-state index contributed by atoms with van der Waals surface area (Å²) in [7, 11) is 0. The van der Waals surface area contributed by atoms with Crippen molar-refractivity contribution in [3.8, 4) is 84.4 Å². The molecule has 2 aromatic heterocycles. The summed E-state index contributed by atoms with van der Waals surface area (Å²) in [4.78, 5) is 15.1. The van der Waals surface area contributed by atoms with E-state index in [2.05, 4.69) is 199 Å². The minimum absolute atomic E-state index is 0.629. The molecule has 0 saturated carbocycles. The summed E-state index contributed by atoms with van der Waals surface area (Å²) in [6, 6.07) is 81.2. The second-order valence-electron chi connectivity index (χ2n) is 15.2. The molecule has 4 heteroatoms. The second-order valence-corrected chi connectivity index (χ2v) is 15.2. The third-order valence-electron chi connectivity index (χ3n) is 11.5. The van der Waals surface area contributed by atoms with Gasteiger partial charge >= 0.3 is 0 Å². The lowest BCUT2D eigenvalue weighted by Gasteiger charge is -2.12. The van der Waals surface area contributed by atoms with Gasteiger partial charge in [-0.1, -0.05) is 194 Å². The molecule has 2 heterocycles. The van der Waals surface area contributed by atoms with Crippen molar-refractivity contribution in [2.75, 3.05) is 0 Å². The average Bonchev–Trinajstić information content (AvgIpc) is 3.69. The lowest BCUT2D eigenvalue weighted by molar-refractivity contribution is 1.07.